The predicted octanol–water partition coefficient (Wildman–Crippen LogP) is 10.6. The average molecular weight is 536 g/mol. The molecule has 0 bridgehead atoms. The van der Waals surface area contributed by atoms with E-state index in [2.05, 4.69) is 139 Å². The largest absolute Gasteiger partial charge is 0.344 e. The van der Waals surface area contributed by atoms with Gasteiger partial charge in [-0.05, 0) is 98.6 Å². The molecule has 7 rings (SSSR count). The number of nitrogens with zero attached hydrogens (tertiary/aromatic N) is 1. The Morgan fingerprint density at radius 1 is 0.537 bits per heavy atom. The lowest BCUT2D eigenvalue weighted by atomic mass is 9.94. The predicted molar refractivity (Wildman–Crippen MR) is 177 cm³/mol. The molecule has 0 amide bonds. The molecular formula is C38H37N3. The molecule has 6 aromatic carbocycles. The van der Waals surface area contributed by atoms with Gasteiger partial charge in [0.25, 0.3) is 0 Å². The van der Waals surface area contributed by atoms with Crippen LogP contribution in [0.4, 0.5) is 17.1 Å². The highest BCUT2D eigenvalue weighted by Crippen LogP contribution is 2.49. The maximum Gasteiger partial charge on any atom is 0.0464 e. The third-order valence-electron chi connectivity index (χ3n) is 7.65. The molecule has 1 aliphatic rings. The fraction of sp³-hybridized carbons (Fsp3) is 0.105. The molecule has 1 aliphatic carbocycles. The van der Waals surface area contributed by atoms with E-state index in [0.717, 1.165) is 22.6 Å². The minimum Gasteiger partial charge on any atom is -0.344 e. The zero-order chi connectivity index (χ0) is 27.6. The van der Waals surface area contributed by atoms with Crippen LogP contribution in [0, 0.1) is 6.92 Å². The van der Waals surface area contributed by atoms with Crippen LogP contribution >= 0.6 is 0 Å². The van der Waals surface area contributed by atoms with E-state index in [0.29, 0.717) is 6.54 Å². The molecule has 0 aromatic heterocycles. The Labute approximate surface area is 243 Å². The van der Waals surface area contributed by atoms with Crippen molar-refractivity contribution in [2.75, 3.05) is 4.90 Å². The number of benzene rings is 6. The van der Waals surface area contributed by atoms with E-state index in [1.807, 2.05) is 13.8 Å². The van der Waals surface area contributed by atoms with Crippen LogP contribution in [0.1, 0.15) is 25.0 Å². The maximum atomic E-state index is 5.99. The normalized spacial score (nSPS) is 10.8. The molecule has 0 spiro atoms. The molecule has 5 N–H and O–H groups in total. The zero-order valence-corrected chi connectivity index (χ0v) is 24.1. The second-order valence-corrected chi connectivity index (χ2v) is 10.0. The number of hydrogen-bond donors (Lipinski definition) is 2. The second kappa shape index (κ2) is 11.8. The van der Waals surface area contributed by atoms with E-state index in [4.69, 9.17) is 5.73 Å². The van der Waals surface area contributed by atoms with Gasteiger partial charge in [0, 0.05) is 23.6 Å². The quantitative estimate of drug-likeness (QED) is 0.230. The van der Waals surface area contributed by atoms with Crippen molar-refractivity contribution in [1.29, 1.82) is 0 Å². The van der Waals surface area contributed by atoms with Gasteiger partial charge < -0.3 is 16.8 Å². The fourth-order valence-electron chi connectivity index (χ4n) is 5.89. The molecular weight excluding hydrogens is 498 g/mol. The van der Waals surface area contributed by atoms with E-state index in [1.165, 1.54) is 49.7 Å². The summed E-state index contributed by atoms with van der Waals surface area (Å²) in [5, 5.41) is 2.66. The van der Waals surface area contributed by atoms with Crippen molar-refractivity contribution in [3.8, 4) is 33.4 Å². The Morgan fingerprint density at radius 2 is 1.12 bits per heavy atom. The summed E-state index contributed by atoms with van der Waals surface area (Å²) in [5.74, 6) is 0. The van der Waals surface area contributed by atoms with Crippen LogP contribution in [0.3, 0.4) is 0 Å². The summed E-state index contributed by atoms with van der Waals surface area (Å²) in [5.41, 5.74) is 19.5. The minimum absolute atomic E-state index is 0. The van der Waals surface area contributed by atoms with Gasteiger partial charge >= 0.3 is 0 Å². The molecule has 0 fully saturated rings. The van der Waals surface area contributed by atoms with Crippen LogP contribution in [0.5, 0.6) is 0 Å². The number of nitrogens with two attached hydrogens (primary N) is 1. The highest BCUT2D eigenvalue weighted by atomic mass is 15.1. The summed E-state index contributed by atoms with van der Waals surface area (Å²) in [4.78, 5) is 2.31. The van der Waals surface area contributed by atoms with Gasteiger partial charge in [0.2, 0.25) is 0 Å². The highest BCUT2D eigenvalue weighted by Gasteiger charge is 2.22. The molecule has 41 heavy (non-hydrogen) atoms. The molecule has 6 aromatic rings. The van der Waals surface area contributed by atoms with Crippen molar-refractivity contribution in [1.82, 2.24) is 6.15 Å². The van der Waals surface area contributed by atoms with Crippen molar-refractivity contribution < 1.29 is 0 Å². The van der Waals surface area contributed by atoms with Crippen molar-refractivity contribution >= 4 is 27.8 Å². The van der Waals surface area contributed by atoms with Crippen LogP contribution in [0.2, 0.25) is 0 Å². The SMILES string of the molecule is CC.Cc1cccc(N(c2ccc(-c3ccc4c5c(cccc35)-c3ccccc3-4)cc2)c2cccc(CN)c2)c1.N. The standard InChI is InChI=1S/C36H28N2.C2H6.H3N/c1-24-7-4-9-28(21-24)38(29-10-5-8-25(22-29)23-37)27-17-15-26(16-18-27)30-19-20-35-32-12-3-2-11-31(32)34-14-6-13-33(30)36(34)35;1-2;/h2-22H,23,37H2,1H3;1-2H3;1H3. The second-order valence-electron chi connectivity index (χ2n) is 10.0. The first-order valence-electron chi connectivity index (χ1n) is 14.1. The molecule has 0 radical (unpaired) electrons. The van der Waals surface area contributed by atoms with Crippen molar-refractivity contribution in [3.63, 3.8) is 0 Å². The highest BCUT2D eigenvalue weighted by molar-refractivity contribution is 6.18. The van der Waals surface area contributed by atoms with Gasteiger partial charge in [0.1, 0.15) is 0 Å². The van der Waals surface area contributed by atoms with E-state index in [1.54, 1.807) is 0 Å². The van der Waals surface area contributed by atoms with E-state index >= 15 is 0 Å². The van der Waals surface area contributed by atoms with E-state index < -0.39 is 0 Å². The van der Waals surface area contributed by atoms with Crippen molar-refractivity contribution in [2.24, 2.45) is 5.73 Å². The van der Waals surface area contributed by atoms with Crippen LogP contribution < -0.4 is 16.8 Å². The zero-order valence-electron chi connectivity index (χ0n) is 24.1. The van der Waals surface area contributed by atoms with Crippen molar-refractivity contribution in [3.05, 3.63) is 139 Å². The lowest BCUT2D eigenvalue weighted by Gasteiger charge is -2.26. The number of aryl methyl sites for hydroxylation is 1. The Balaban J connectivity index is 0.00000110. The monoisotopic (exact) mass is 535 g/mol. The Hall–Kier alpha value is -4.70. The van der Waals surface area contributed by atoms with Gasteiger partial charge in [0.05, 0.1) is 0 Å². The summed E-state index contributed by atoms with van der Waals surface area (Å²) in [6.07, 6.45) is 0. The molecule has 0 saturated heterocycles. The van der Waals surface area contributed by atoms with Gasteiger partial charge in [-0.15, -0.1) is 0 Å². The first-order chi connectivity index (χ1) is 19.7. The van der Waals surface area contributed by atoms with Crippen LogP contribution in [0.15, 0.2) is 127 Å². The fourth-order valence-corrected chi connectivity index (χ4v) is 5.89. The van der Waals surface area contributed by atoms with E-state index in [9.17, 15) is 0 Å². The van der Waals surface area contributed by atoms with Crippen LogP contribution in [0.25, 0.3) is 44.2 Å². The summed E-state index contributed by atoms with van der Waals surface area (Å²) in [6, 6.07) is 46.1. The Morgan fingerprint density at radius 3 is 1.80 bits per heavy atom. The van der Waals surface area contributed by atoms with Gasteiger partial charge in [-0.1, -0.05) is 105 Å². The van der Waals surface area contributed by atoms with Gasteiger partial charge in [0.15, 0.2) is 0 Å². The van der Waals surface area contributed by atoms with E-state index in [-0.39, 0.29) is 6.15 Å². The molecule has 0 unspecified atom stereocenters. The Bertz CT molecular complexity index is 1790. The Kier molecular flexibility index (Phi) is 8.02. The number of rotatable bonds is 5. The summed E-state index contributed by atoms with van der Waals surface area (Å²) < 4.78 is 0. The average Bonchev–Trinajstić information content (AvgIpc) is 3.34. The summed E-state index contributed by atoms with van der Waals surface area (Å²) in [7, 11) is 0. The third kappa shape index (κ3) is 4.91. The molecule has 0 atom stereocenters. The molecule has 0 saturated carbocycles. The first-order valence-corrected chi connectivity index (χ1v) is 14.1. The molecule has 3 nitrogen and oxygen atoms in total. The third-order valence-corrected chi connectivity index (χ3v) is 7.65. The lowest BCUT2D eigenvalue weighted by Crippen LogP contribution is -2.11. The first kappa shape index (κ1) is 27.9. The topological polar surface area (TPSA) is 64.3 Å². The van der Waals surface area contributed by atoms with Gasteiger partial charge in [-0.2, -0.15) is 0 Å². The summed E-state index contributed by atoms with van der Waals surface area (Å²) in [6.45, 7) is 6.65. The smallest absolute Gasteiger partial charge is 0.0464 e. The summed E-state index contributed by atoms with van der Waals surface area (Å²) >= 11 is 0. The van der Waals surface area contributed by atoms with Crippen LogP contribution in [-0.2, 0) is 6.54 Å². The molecule has 3 heteroatoms. The van der Waals surface area contributed by atoms with Gasteiger partial charge in [-0.3, -0.25) is 0 Å². The van der Waals surface area contributed by atoms with Crippen molar-refractivity contribution in [2.45, 2.75) is 27.3 Å². The molecule has 0 heterocycles. The minimum atomic E-state index is 0. The lowest BCUT2D eigenvalue weighted by molar-refractivity contribution is 1.07. The molecule has 204 valence electrons. The number of anilines is 3. The number of fused-ring (bicyclic) bond motifs is 3. The molecule has 0 aliphatic heterocycles. The maximum absolute atomic E-state index is 5.99. The van der Waals surface area contributed by atoms with Gasteiger partial charge in [-0.25, -0.2) is 0 Å². The van der Waals surface area contributed by atoms with Crippen LogP contribution in [-0.4, -0.2) is 0 Å². The number of hydrogen-bond acceptors (Lipinski definition) is 3.